The molecule has 0 radical (unpaired) electrons. The molecule has 26 heavy (non-hydrogen) atoms. The Morgan fingerprint density at radius 1 is 1.38 bits per heavy atom. The number of nitrogens with one attached hydrogen (secondary N) is 2. The number of guanidine groups is 1. The molecule has 8 heteroatoms. The highest BCUT2D eigenvalue weighted by atomic mass is 16.7. The first-order valence-corrected chi connectivity index (χ1v) is 8.66. The highest BCUT2D eigenvalue weighted by Crippen LogP contribution is 2.18. The Morgan fingerprint density at radius 3 is 3.00 bits per heavy atom. The molecule has 1 unspecified atom stereocenters. The van der Waals surface area contributed by atoms with Gasteiger partial charge in [0.2, 0.25) is 5.96 Å². The van der Waals surface area contributed by atoms with Crippen LogP contribution < -0.4 is 10.6 Å². The molecular formula is C18H27N5O3. The van der Waals surface area contributed by atoms with E-state index in [1.165, 1.54) is 0 Å². The first-order chi connectivity index (χ1) is 12.7. The lowest BCUT2D eigenvalue weighted by molar-refractivity contribution is -0.0728. The molecule has 8 nitrogen and oxygen atoms in total. The van der Waals surface area contributed by atoms with E-state index in [9.17, 15) is 0 Å². The molecule has 142 valence electrons. The molecule has 0 aromatic heterocycles. The molecular weight excluding hydrogens is 334 g/mol. The van der Waals surface area contributed by atoms with Gasteiger partial charge in [0.25, 0.3) is 0 Å². The van der Waals surface area contributed by atoms with Gasteiger partial charge in [-0.3, -0.25) is 5.32 Å². The Labute approximate surface area is 154 Å². The summed E-state index contributed by atoms with van der Waals surface area (Å²) in [6, 6.07) is 7.99. The Morgan fingerprint density at radius 2 is 2.23 bits per heavy atom. The van der Waals surface area contributed by atoms with Crippen LogP contribution in [0.5, 0.6) is 0 Å². The van der Waals surface area contributed by atoms with Gasteiger partial charge in [0.05, 0.1) is 25.5 Å². The van der Waals surface area contributed by atoms with Crippen molar-refractivity contribution in [1.82, 2.24) is 15.5 Å². The second-order valence-electron chi connectivity index (χ2n) is 5.95. The minimum absolute atomic E-state index is 0.136. The van der Waals surface area contributed by atoms with E-state index < -0.39 is 0 Å². The highest BCUT2D eigenvalue weighted by molar-refractivity contribution is 5.84. The van der Waals surface area contributed by atoms with Crippen molar-refractivity contribution in [1.29, 1.82) is 5.26 Å². The molecule has 2 rings (SSSR count). The lowest BCUT2D eigenvalue weighted by Crippen LogP contribution is -2.56. The number of ether oxygens (including phenoxy) is 3. The number of aryl methyl sites for hydroxylation is 1. The first-order valence-electron chi connectivity index (χ1n) is 8.66. The lowest BCUT2D eigenvalue weighted by Gasteiger charge is -2.34. The van der Waals surface area contributed by atoms with Gasteiger partial charge in [-0.05, 0) is 18.6 Å². The third-order valence-electron chi connectivity index (χ3n) is 3.98. The van der Waals surface area contributed by atoms with E-state index >= 15 is 0 Å². The SMILES string of the molecule is COCCOCOCC1CN(C(=Nc2ccccc2C)NC#N)CCN1. The van der Waals surface area contributed by atoms with Crippen LogP contribution in [0.4, 0.5) is 5.69 Å². The summed E-state index contributed by atoms with van der Waals surface area (Å²) in [4.78, 5) is 6.70. The number of methoxy groups -OCH3 is 1. The smallest absolute Gasteiger partial charge is 0.212 e. The van der Waals surface area contributed by atoms with E-state index in [1.54, 1.807) is 7.11 Å². The maximum atomic E-state index is 9.09. The summed E-state index contributed by atoms with van der Waals surface area (Å²) < 4.78 is 15.8. The van der Waals surface area contributed by atoms with Crippen LogP contribution in [0.1, 0.15) is 5.56 Å². The molecule has 1 aliphatic heterocycles. The predicted molar refractivity (Wildman–Crippen MR) is 99.0 cm³/mol. The topological polar surface area (TPSA) is 91.1 Å². The lowest BCUT2D eigenvalue weighted by atomic mass is 10.2. The zero-order chi connectivity index (χ0) is 18.6. The standard InChI is InChI=1S/C18H27N5O3/c1-15-5-3-4-6-17(15)22-18(21-13-19)23-8-7-20-16(11-23)12-26-14-25-10-9-24-2/h3-6,16,20H,7-12,14H2,1-2H3,(H,21,22). The normalized spacial score (nSPS) is 17.8. The average molecular weight is 361 g/mol. The summed E-state index contributed by atoms with van der Waals surface area (Å²) in [6.07, 6.45) is 1.99. The van der Waals surface area contributed by atoms with Crippen LogP contribution >= 0.6 is 0 Å². The largest absolute Gasteiger partial charge is 0.382 e. The van der Waals surface area contributed by atoms with Gasteiger partial charge in [-0.25, -0.2) is 4.99 Å². The summed E-state index contributed by atoms with van der Waals surface area (Å²) in [5, 5.41) is 15.2. The van der Waals surface area contributed by atoms with Crippen molar-refractivity contribution in [3.8, 4) is 6.19 Å². The third-order valence-corrected chi connectivity index (χ3v) is 3.98. The van der Waals surface area contributed by atoms with Gasteiger partial charge >= 0.3 is 0 Å². The maximum absolute atomic E-state index is 9.09. The molecule has 1 saturated heterocycles. The van der Waals surface area contributed by atoms with Gasteiger partial charge in [-0.1, -0.05) is 18.2 Å². The van der Waals surface area contributed by atoms with Crippen LogP contribution in [0.2, 0.25) is 0 Å². The number of hydrogen-bond acceptors (Lipinski definition) is 6. The summed E-state index contributed by atoms with van der Waals surface area (Å²) >= 11 is 0. The number of aliphatic imine (C=N–C) groups is 1. The summed E-state index contributed by atoms with van der Waals surface area (Å²) in [6.45, 7) is 6.07. The Hall–Kier alpha value is -2.18. The number of benzene rings is 1. The fourth-order valence-corrected chi connectivity index (χ4v) is 2.61. The van der Waals surface area contributed by atoms with Crippen molar-refractivity contribution < 1.29 is 14.2 Å². The zero-order valence-electron chi connectivity index (χ0n) is 15.4. The van der Waals surface area contributed by atoms with Crippen LogP contribution in [0.25, 0.3) is 0 Å². The molecule has 1 atom stereocenters. The summed E-state index contributed by atoms with van der Waals surface area (Å²) in [5.74, 6) is 0.560. The van der Waals surface area contributed by atoms with E-state index in [0.29, 0.717) is 32.3 Å². The fraction of sp³-hybridized carbons (Fsp3) is 0.556. The van der Waals surface area contributed by atoms with Gasteiger partial charge < -0.3 is 24.4 Å². The van der Waals surface area contributed by atoms with E-state index in [4.69, 9.17) is 19.5 Å². The van der Waals surface area contributed by atoms with Gasteiger partial charge in [-0.2, -0.15) is 5.26 Å². The van der Waals surface area contributed by atoms with Crippen molar-refractivity contribution in [3.63, 3.8) is 0 Å². The number of rotatable bonds is 8. The second kappa shape index (κ2) is 11.4. The summed E-state index contributed by atoms with van der Waals surface area (Å²) in [7, 11) is 1.64. The fourth-order valence-electron chi connectivity index (χ4n) is 2.61. The van der Waals surface area contributed by atoms with E-state index in [1.807, 2.05) is 37.4 Å². The molecule has 1 aliphatic rings. The van der Waals surface area contributed by atoms with E-state index in [2.05, 4.69) is 20.5 Å². The van der Waals surface area contributed by atoms with Crippen LogP contribution in [-0.2, 0) is 14.2 Å². The Balaban J connectivity index is 1.90. The van der Waals surface area contributed by atoms with Crippen LogP contribution in [0, 0.1) is 18.4 Å². The molecule has 0 spiro atoms. The zero-order valence-corrected chi connectivity index (χ0v) is 15.4. The molecule has 2 N–H and O–H groups in total. The highest BCUT2D eigenvalue weighted by Gasteiger charge is 2.22. The van der Waals surface area contributed by atoms with Crippen molar-refractivity contribution >= 4 is 11.6 Å². The molecule has 1 fully saturated rings. The van der Waals surface area contributed by atoms with Crippen molar-refractivity contribution in [3.05, 3.63) is 29.8 Å². The van der Waals surface area contributed by atoms with Crippen molar-refractivity contribution in [2.75, 3.05) is 53.4 Å². The number of para-hydroxylation sites is 1. The predicted octanol–water partition coefficient (Wildman–Crippen LogP) is 0.964. The number of hydrogen-bond donors (Lipinski definition) is 2. The van der Waals surface area contributed by atoms with Crippen LogP contribution in [0.3, 0.4) is 0 Å². The summed E-state index contributed by atoms with van der Waals surface area (Å²) in [5.41, 5.74) is 1.91. The minimum atomic E-state index is 0.136. The third kappa shape index (κ3) is 6.61. The van der Waals surface area contributed by atoms with E-state index in [-0.39, 0.29) is 12.8 Å². The van der Waals surface area contributed by atoms with Crippen LogP contribution in [-0.4, -0.2) is 70.3 Å². The number of nitrogens with zero attached hydrogens (tertiary/aromatic N) is 3. The maximum Gasteiger partial charge on any atom is 0.212 e. The van der Waals surface area contributed by atoms with Gasteiger partial charge in [-0.15, -0.1) is 0 Å². The Bertz CT molecular complexity index is 617. The van der Waals surface area contributed by atoms with Gasteiger partial charge in [0.1, 0.15) is 6.79 Å². The molecule has 1 heterocycles. The van der Waals surface area contributed by atoms with Crippen LogP contribution in [0.15, 0.2) is 29.3 Å². The van der Waals surface area contributed by atoms with Gasteiger partial charge in [0, 0.05) is 32.8 Å². The second-order valence-corrected chi connectivity index (χ2v) is 5.95. The molecule has 1 aromatic rings. The molecule has 1 aromatic carbocycles. The molecule has 0 saturated carbocycles. The van der Waals surface area contributed by atoms with Crippen molar-refractivity contribution in [2.24, 2.45) is 4.99 Å². The first kappa shape index (κ1) is 20.1. The molecule has 0 bridgehead atoms. The van der Waals surface area contributed by atoms with Crippen molar-refractivity contribution in [2.45, 2.75) is 13.0 Å². The molecule has 0 amide bonds. The number of piperazine rings is 1. The number of nitriles is 1. The Kier molecular flexibility index (Phi) is 8.86. The van der Waals surface area contributed by atoms with E-state index in [0.717, 1.165) is 24.3 Å². The monoisotopic (exact) mass is 361 g/mol. The quantitative estimate of drug-likeness (QED) is 0.178. The average Bonchev–Trinajstić information content (AvgIpc) is 2.66. The van der Waals surface area contributed by atoms with Gasteiger partial charge in [0.15, 0.2) is 6.19 Å². The molecule has 0 aliphatic carbocycles. The minimum Gasteiger partial charge on any atom is -0.382 e.